The molecule has 0 N–H and O–H groups in total. The Kier molecular flexibility index (Phi) is 14.8. The standard InChI is InChI=1S/C51H35N5Si.C45H30N6/c1-4-20-37(21-5-1)57(38-22-6-2-7-23-38,39-24-8-3-9-25-39)40-26-18-19-36(35-40)49-52-50(55-45-31-14-10-27-41(45)42-28-11-15-32-46(42)55)54-51(53-49)56-47-33-16-12-29-43(47)44-30-13-17-34-48(44)56;1-8-22-36-29(15-1)30-16-2-9-23-37(30)49(36)42-28-14-7-21-35(42)43-46-44(50-38-24-10-3-17-31(38)32-18-4-11-25-39(32)50)48-45(47-43)51-40-26-12-5-19-33(40)34-20-6-13-27-41(34)51/h1-35H;1-29,36H. The summed E-state index contributed by atoms with van der Waals surface area (Å²) in [4.78, 5) is 34.7. The molecule has 0 bridgehead atoms. The number of hydrogen-bond donors (Lipinski definition) is 0. The first-order valence-electron chi connectivity index (χ1n) is 36.7. The second-order valence-electron chi connectivity index (χ2n) is 27.7. The summed E-state index contributed by atoms with van der Waals surface area (Å²) in [6.07, 6.45) is 8.94. The molecule has 508 valence electrons. The van der Waals surface area contributed by atoms with Crippen molar-refractivity contribution in [2.75, 3.05) is 4.90 Å². The summed E-state index contributed by atoms with van der Waals surface area (Å²) >= 11 is 0. The fraction of sp³-hybridized carbons (Fsp3) is 0.0208. The normalized spacial score (nSPS) is 14.0. The van der Waals surface area contributed by atoms with E-state index in [1.54, 1.807) is 0 Å². The molecule has 2 unspecified atom stereocenters. The molecule has 0 saturated heterocycles. The number of nitrogens with zero attached hydrogens (tertiary/aromatic N) is 11. The first-order chi connectivity index (χ1) is 53.6. The molecule has 0 fully saturated rings. The van der Waals surface area contributed by atoms with Crippen LogP contribution in [0, 0.1) is 0 Å². The summed E-state index contributed by atoms with van der Waals surface area (Å²) in [7, 11) is -2.82. The lowest BCUT2D eigenvalue weighted by atomic mass is 9.91. The van der Waals surface area contributed by atoms with E-state index in [1.165, 1.54) is 32.0 Å². The van der Waals surface area contributed by atoms with Crippen molar-refractivity contribution in [1.29, 1.82) is 0 Å². The molecule has 12 heteroatoms. The Morgan fingerprint density at radius 2 is 0.546 bits per heavy atom. The number of para-hydroxylation sites is 10. The minimum absolute atomic E-state index is 0.143. The van der Waals surface area contributed by atoms with Crippen LogP contribution in [0.2, 0.25) is 0 Å². The van der Waals surface area contributed by atoms with Crippen LogP contribution in [0.5, 0.6) is 0 Å². The van der Waals surface area contributed by atoms with Gasteiger partial charge in [-0.2, -0.15) is 29.9 Å². The third-order valence-corrected chi connectivity index (χ3v) is 26.7. The van der Waals surface area contributed by atoms with E-state index in [-0.39, 0.29) is 12.0 Å². The van der Waals surface area contributed by atoms with E-state index in [1.807, 2.05) is 0 Å². The quantitative estimate of drug-likeness (QED) is 0.0939. The number of benzene rings is 14. The van der Waals surface area contributed by atoms with Gasteiger partial charge < -0.3 is 4.90 Å². The third kappa shape index (κ3) is 9.88. The molecule has 2 aliphatic rings. The highest BCUT2D eigenvalue weighted by atomic mass is 28.3. The van der Waals surface area contributed by atoms with Crippen LogP contribution in [0.3, 0.4) is 0 Å². The first-order valence-corrected chi connectivity index (χ1v) is 38.7. The van der Waals surface area contributed by atoms with Gasteiger partial charge in [-0.3, -0.25) is 18.3 Å². The SMILES string of the molecule is C1=CC2c3ccccc3N(c3ccccc3-c3nc(-n4c5ccccc5c5ccccc54)nc(-n4c5ccccc5c5ccccc54)n3)C2C=C1.c1ccc([Si](c2ccccc2)(c2ccccc2)c2cccc(-c3nc(-n4c5ccccc5c5ccccc54)nc(-n4c5ccccc5c5ccccc54)n3)c2)cc1. The molecular weight excluding hydrogens is 1340 g/mol. The average molecular weight is 1400 g/mol. The number of anilines is 2. The molecule has 0 radical (unpaired) electrons. The molecule has 7 heterocycles. The highest BCUT2D eigenvalue weighted by molar-refractivity contribution is 7.20. The van der Waals surface area contributed by atoms with E-state index in [0.717, 1.165) is 104 Å². The summed E-state index contributed by atoms with van der Waals surface area (Å²) < 4.78 is 8.75. The molecule has 22 rings (SSSR count). The Bertz CT molecular complexity index is 6420. The second kappa shape index (κ2) is 25.6. The summed E-state index contributed by atoms with van der Waals surface area (Å²) in [6.45, 7) is 0. The molecule has 14 aromatic carbocycles. The maximum Gasteiger partial charge on any atom is 0.240 e. The molecule has 11 nitrogen and oxygen atoms in total. The Labute approximate surface area is 622 Å². The smallest absolute Gasteiger partial charge is 0.240 e. The van der Waals surface area contributed by atoms with Gasteiger partial charge in [-0.05, 0) is 93.0 Å². The van der Waals surface area contributed by atoms with Crippen LogP contribution in [0.15, 0.2) is 382 Å². The van der Waals surface area contributed by atoms with Crippen LogP contribution in [-0.2, 0) is 0 Å². The van der Waals surface area contributed by atoms with Gasteiger partial charge in [0.05, 0.1) is 55.9 Å². The van der Waals surface area contributed by atoms with Gasteiger partial charge in [-0.15, -0.1) is 0 Å². The highest BCUT2D eigenvalue weighted by Crippen LogP contribution is 2.50. The molecule has 20 aromatic rings. The Morgan fingerprint density at radius 1 is 0.241 bits per heavy atom. The van der Waals surface area contributed by atoms with Crippen LogP contribution >= 0.6 is 0 Å². The summed E-state index contributed by atoms with van der Waals surface area (Å²) in [5.41, 5.74) is 13.8. The molecule has 6 aromatic heterocycles. The fourth-order valence-electron chi connectivity index (χ4n) is 17.3. The predicted molar refractivity (Wildman–Crippen MR) is 445 cm³/mol. The van der Waals surface area contributed by atoms with Crippen molar-refractivity contribution >= 4 is 127 Å². The van der Waals surface area contributed by atoms with Gasteiger partial charge >= 0.3 is 0 Å². The number of hydrogen-bond acceptors (Lipinski definition) is 7. The zero-order chi connectivity index (χ0) is 71.2. The molecular formula is C96H65N11Si. The lowest BCUT2D eigenvalue weighted by Crippen LogP contribution is -2.74. The monoisotopic (exact) mass is 1400 g/mol. The summed E-state index contributed by atoms with van der Waals surface area (Å²) in [5, 5.41) is 14.4. The maximum atomic E-state index is 5.40. The predicted octanol–water partition coefficient (Wildman–Crippen LogP) is 19.6. The van der Waals surface area contributed by atoms with E-state index in [9.17, 15) is 0 Å². The minimum Gasteiger partial charge on any atom is -0.333 e. The van der Waals surface area contributed by atoms with Crippen molar-refractivity contribution < 1.29 is 0 Å². The van der Waals surface area contributed by atoms with Crippen LogP contribution in [0.1, 0.15) is 11.5 Å². The minimum atomic E-state index is -2.82. The van der Waals surface area contributed by atoms with E-state index < -0.39 is 8.07 Å². The average Bonchev–Trinajstić information content (AvgIpc) is 1.26. The molecule has 0 amide bonds. The lowest BCUT2D eigenvalue weighted by Gasteiger charge is -2.34. The molecule has 0 spiro atoms. The fourth-order valence-corrected chi connectivity index (χ4v) is 22.1. The van der Waals surface area contributed by atoms with Crippen molar-refractivity contribution in [2.45, 2.75) is 12.0 Å². The van der Waals surface area contributed by atoms with E-state index in [0.29, 0.717) is 35.4 Å². The van der Waals surface area contributed by atoms with Gasteiger partial charge in [0.2, 0.25) is 23.8 Å². The number of rotatable bonds is 11. The van der Waals surface area contributed by atoms with Crippen molar-refractivity contribution in [1.82, 2.24) is 48.2 Å². The van der Waals surface area contributed by atoms with E-state index in [4.69, 9.17) is 29.9 Å². The van der Waals surface area contributed by atoms with Crippen molar-refractivity contribution in [3.05, 3.63) is 388 Å². The van der Waals surface area contributed by atoms with Crippen LogP contribution < -0.4 is 25.6 Å². The number of fused-ring (bicyclic) bond motifs is 15. The van der Waals surface area contributed by atoms with E-state index in [2.05, 4.69) is 405 Å². The van der Waals surface area contributed by atoms with Gasteiger partial charge in [0, 0.05) is 65.8 Å². The Balaban J connectivity index is 0.000000139. The summed E-state index contributed by atoms with van der Waals surface area (Å²) in [6, 6.07) is 127. The zero-order valence-electron chi connectivity index (χ0n) is 58.4. The summed E-state index contributed by atoms with van der Waals surface area (Å²) in [5.74, 6) is 3.77. The van der Waals surface area contributed by atoms with Crippen molar-refractivity contribution in [2.24, 2.45) is 0 Å². The van der Waals surface area contributed by atoms with Crippen molar-refractivity contribution in [3.8, 4) is 46.6 Å². The molecule has 1 aliphatic heterocycles. The van der Waals surface area contributed by atoms with Gasteiger partial charge in [0.25, 0.3) is 0 Å². The third-order valence-electron chi connectivity index (χ3n) is 21.9. The number of allylic oxidation sites excluding steroid dienone is 2. The highest BCUT2D eigenvalue weighted by Gasteiger charge is 2.42. The van der Waals surface area contributed by atoms with Gasteiger partial charge in [-0.25, -0.2) is 0 Å². The number of aromatic nitrogens is 10. The molecule has 0 saturated carbocycles. The molecule has 108 heavy (non-hydrogen) atoms. The topological polar surface area (TPSA) is 100 Å². The Morgan fingerprint density at radius 3 is 0.935 bits per heavy atom. The van der Waals surface area contributed by atoms with Crippen LogP contribution in [0.4, 0.5) is 11.4 Å². The van der Waals surface area contributed by atoms with Crippen LogP contribution in [-0.4, -0.2) is 62.3 Å². The van der Waals surface area contributed by atoms with Gasteiger partial charge in [0.15, 0.2) is 19.7 Å². The van der Waals surface area contributed by atoms with Crippen molar-refractivity contribution in [3.63, 3.8) is 0 Å². The second-order valence-corrected chi connectivity index (χ2v) is 31.5. The van der Waals surface area contributed by atoms with Gasteiger partial charge in [0.1, 0.15) is 0 Å². The van der Waals surface area contributed by atoms with Gasteiger partial charge in [-0.1, -0.05) is 315 Å². The first kappa shape index (κ1) is 62.4. The van der Waals surface area contributed by atoms with Crippen LogP contribution in [0.25, 0.3) is 134 Å². The maximum absolute atomic E-state index is 5.40. The lowest BCUT2D eigenvalue weighted by molar-refractivity contribution is 0.745. The largest absolute Gasteiger partial charge is 0.333 e. The molecule has 1 aliphatic carbocycles. The Hall–Kier alpha value is -14.2. The van der Waals surface area contributed by atoms with E-state index >= 15 is 0 Å². The zero-order valence-corrected chi connectivity index (χ0v) is 59.4. The molecule has 2 atom stereocenters.